The Morgan fingerprint density at radius 3 is 2.58 bits per heavy atom. The van der Waals surface area contributed by atoms with Gasteiger partial charge in [0, 0.05) is 25.3 Å². The van der Waals surface area contributed by atoms with E-state index in [9.17, 15) is 0 Å². The number of benzene rings is 1. The van der Waals surface area contributed by atoms with Crippen LogP contribution in [-0.2, 0) is 11.3 Å². The molecule has 0 aliphatic carbocycles. The Bertz CT molecular complexity index is 497. The van der Waals surface area contributed by atoms with E-state index in [0.717, 1.165) is 30.8 Å². The van der Waals surface area contributed by atoms with Crippen molar-refractivity contribution in [2.24, 2.45) is 0 Å². The lowest BCUT2D eigenvalue weighted by atomic mass is 10.0. The molecule has 4 heteroatoms. The first-order valence-electron chi connectivity index (χ1n) is 6.66. The quantitative estimate of drug-likeness (QED) is 0.826. The summed E-state index contributed by atoms with van der Waals surface area (Å²) in [6.45, 7) is 8.86. The van der Waals surface area contributed by atoms with Gasteiger partial charge in [0.2, 0.25) is 0 Å². The van der Waals surface area contributed by atoms with E-state index >= 15 is 0 Å². The van der Waals surface area contributed by atoms with Crippen LogP contribution in [0.1, 0.15) is 30.5 Å². The highest BCUT2D eigenvalue weighted by Crippen LogP contribution is 2.22. The van der Waals surface area contributed by atoms with Crippen LogP contribution in [0.2, 0.25) is 0 Å². The lowest BCUT2D eigenvalue weighted by molar-refractivity contribution is -0.0705. The summed E-state index contributed by atoms with van der Waals surface area (Å²) in [6.07, 6.45) is 0.501. The first-order chi connectivity index (χ1) is 8.99. The van der Waals surface area contributed by atoms with E-state index in [1.54, 1.807) is 6.07 Å². The first-order valence-corrected chi connectivity index (χ1v) is 6.66. The summed E-state index contributed by atoms with van der Waals surface area (Å²) in [5.74, 6) is 0. The van der Waals surface area contributed by atoms with Crippen LogP contribution in [0.5, 0.6) is 0 Å². The van der Waals surface area contributed by atoms with E-state index in [0.29, 0.717) is 11.3 Å². The fraction of sp³-hybridized carbons (Fsp3) is 0.533. The molecule has 0 spiro atoms. The van der Waals surface area contributed by atoms with Crippen molar-refractivity contribution in [1.29, 1.82) is 5.26 Å². The number of nitrogens with zero attached hydrogens (tertiary/aromatic N) is 2. The molecule has 1 saturated heterocycles. The maximum atomic E-state index is 9.03. The monoisotopic (exact) mass is 259 g/mol. The molecule has 102 valence electrons. The summed E-state index contributed by atoms with van der Waals surface area (Å²) in [5.41, 5.74) is 9.50. The van der Waals surface area contributed by atoms with Crippen LogP contribution in [0.3, 0.4) is 0 Å². The van der Waals surface area contributed by atoms with Gasteiger partial charge in [-0.2, -0.15) is 5.26 Å². The van der Waals surface area contributed by atoms with Crippen LogP contribution in [0, 0.1) is 18.3 Å². The topological polar surface area (TPSA) is 62.3 Å². The normalized spacial score (nSPS) is 24.1. The average Bonchev–Trinajstić information content (AvgIpc) is 2.33. The van der Waals surface area contributed by atoms with E-state index in [2.05, 4.69) is 24.8 Å². The van der Waals surface area contributed by atoms with E-state index in [4.69, 9.17) is 15.7 Å². The molecule has 1 fully saturated rings. The Hall–Kier alpha value is -1.57. The van der Waals surface area contributed by atoms with E-state index in [-0.39, 0.29) is 12.2 Å². The lowest BCUT2D eigenvalue weighted by Crippen LogP contribution is -2.44. The maximum absolute atomic E-state index is 9.03. The molecule has 2 unspecified atom stereocenters. The lowest BCUT2D eigenvalue weighted by Gasteiger charge is -2.35. The summed E-state index contributed by atoms with van der Waals surface area (Å²) in [7, 11) is 0. The minimum Gasteiger partial charge on any atom is -0.398 e. The number of hydrogen-bond donors (Lipinski definition) is 1. The van der Waals surface area contributed by atoms with Gasteiger partial charge in [-0.05, 0) is 44.0 Å². The van der Waals surface area contributed by atoms with Gasteiger partial charge >= 0.3 is 0 Å². The molecule has 2 atom stereocenters. The molecule has 1 aromatic carbocycles. The van der Waals surface area contributed by atoms with Crippen molar-refractivity contribution < 1.29 is 4.74 Å². The third kappa shape index (κ3) is 3.25. The molecule has 0 bridgehead atoms. The van der Waals surface area contributed by atoms with Crippen molar-refractivity contribution in [3.8, 4) is 6.07 Å². The van der Waals surface area contributed by atoms with Gasteiger partial charge in [-0.3, -0.25) is 4.90 Å². The summed E-state index contributed by atoms with van der Waals surface area (Å²) >= 11 is 0. The highest BCUT2D eigenvalue weighted by molar-refractivity contribution is 5.55. The molecule has 19 heavy (non-hydrogen) atoms. The SMILES string of the molecule is Cc1c(N)cc(C#N)cc1CN1CC(C)OC(C)C1. The molecular formula is C15H21N3O. The van der Waals surface area contributed by atoms with Gasteiger partial charge in [0.25, 0.3) is 0 Å². The second-order valence-electron chi connectivity index (χ2n) is 5.41. The van der Waals surface area contributed by atoms with Crippen molar-refractivity contribution in [2.45, 2.75) is 39.5 Å². The third-order valence-corrected chi connectivity index (χ3v) is 3.57. The number of morpholine rings is 1. The number of hydrogen-bond acceptors (Lipinski definition) is 4. The molecule has 0 aromatic heterocycles. The number of nitriles is 1. The Morgan fingerprint density at radius 2 is 2.00 bits per heavy atom. The van der Waals surface area contributed by atoms with Gasteiger partial charge in [-0.1, -0.05) is 0 Å². The molecule has 2 N–H and O–H groups in total. The molecule has 1 aliphatic rings. The predicted molar refractivity (Wildman–Crippen MR) is 75.6 cm³/mol. The molecule has 0 radical (unpaired) electrons. The zero-order valence-corrected chi connectivity index (χ0v) is 11.8. The molecule has 2 rings (SSSR count). The fourth-order valence-electron chi connectivity index (χ4n) is 2.68. The Labute approximate surface area is 114 Å². The van der Waals surface area contributed by atoms with Crippen LogP contribution < -0.4 is 5.73 Å². The van der Waals surface area contributed by atoms with E-state index in [1.165, 1.54) is 0 Å². The van der Waals surface area contributed by atoms with Crippen molar-refractivity contribution in [3.05, 3.63) is 28.8 Å². The van der Waals surface area contributed by atoms with Crippen molar-refractivity contribution in [2.75, 3.05) is 18.8 Å². The Morgan fingerprint density at radius 1 is 1.37 bits per heavy atom. The van der Waals surface area contributed by atoms with Crippen LogP contribution >= 0.6 is 0 Å². The average molecular weight is 259 g/mol. The minimum absolute atomic E-state index is 0.251. The van der Waals surface area contributed by atoms with Gasteiger partial charge in [-0.15, -0.1) is 0 Å². The molecular weight excluding hydrogens is 238 g/mol. The van der Waals surface area contributed by atoms with Crippen LogP contribution in [0.15, 0.2) is 12.1 Å². The third-order valence-electron chi connectivity index (χ3n) is 3.57. The predicted octanol–water partition coefficient (Wildman–Crippen LogP) is 2.06. The van der Waals surface area contributed by atoms with Crippen LogP contribution in [0.25, 0.3) is 0 Å². The zero-order chi connectivity index (χ0) is 14.0. The molecule has 4 nitrogen and oxygen atoms in total. The zero-order valence-electron chi connectivity index (χ0n) is 11.8. The van der Waals surface area contributed by atoms with Crippen molar-refractivity contribution in [3.63, 3.8) is 0 Å². The number of nitrogens with two attached hydrogens (primary N) is 1. The Kier molecular flexibility index (Phi) is 4.08. The van der Waals surface area contributed by atoms with E-state index < -0.39 is 0 Å². The number of anilines is 1. The van der Waals surface area contributed by atoms with Gasteiger partial charge in [0.1, 0.15) is 0 Å². The number of ether oxygens (including phenoxy) is 1. The summed E-state index contributed by atoms with van der Waals surface area (Å²) < 4.78 is 5.73. The van der Waals surface area contributed by atoms with Gasteiger partial charge in [-0.25, -0.2) is 0 Å². The van der Waals surface area contributed by atoms with Crippen molar-refractivity contribution >= 4 is 5.69 Å². The second kappa shape index (κ2) is 5.60. The Balaban J connectivity index is 2.19. The number of nitrogen functional groups attached to an aromatic ring is 1. The van der Waals surface area contributed by atoms with Gasteiger partial charge in [0.15, 0.2) is 0 Å². The molecule has 0 amide bonds. The van der Waals surface area contributed by atoms with Gasteiger partial charge in [0.05, 0.1) is 23.8 Å². The molecule has 1 aromatic rings. The van der Waals surface area contributed by atoms with Crippen LogP contribution in [0.4, 0.5) is 5.69 Å². The number of rotatable bonds is 2. The van der Waals surface area contributed by atoms with E-state index in [1.807, 2.05) is 13.0 Å². The summed E-state index contributed by atoms with van der Waals surface area (Å²) in [6, 6.07) is 5.85. The summed E-state index contributed by atoms with van der Waals surface area (Å²) in [4.78, 5) is 2.36. The van der Waals surface area contributed by atoms with Crippen molar-refractivity contribution in [1.82, 2.24) is 4.90 Å². The smallest absolute Gasteiger partial charge is 0.0992 e. The molecule has 1 aliphatic heterocycles. The standard InChI is InChI=1S/C15H21N3O/c1-10-7-18(8-11(2)19-10)9-14-4-13(6-16)5-15(17)12(14)3/h4-5,10-11H,7-9,17H2,1-3H3. The highest BCUT2D eigenvalue weighted by Gasteiger charge is 2.22. The molecule has 1 heterocycles. The summed E-state index contributed by atoms with van der Waals surface area (Å²) in [5, 5.41) is 9.03. The van der Waals surface area contributed by atoms with Gasteiger partial charge < -0.3 is 10.5 Å². The maximum Gasteiger partial charge on any atom is 0.0992 e. The largest absolute Gasteiger partial charge is 0.398 e. The second-order valence-corrected chi connectivity index (χ2v) is 5.41. The first kappa shape index (κ1) is 13.9. The minimum atomic E-state index is 0.251. The fourth-order valence-corrected chi connectivity index (χ4v) is 2.68. The molecule has 0 saturated carbocycles. The highest BCUT2D eigenvalue weighted by atomic mass is 16.5. The van der Waals surface area contributed by atoms with Crippen LogP contribution in [-0.4, -0.2) is 30.2 Å².